The molecule has 0 amide bonds. The van der Waals surface area contributed by atoms with Crippen LogP contribution in [0.25, 0.3) is 0 Å². The van der Waals surface area contributed by atoms with Gasteiger partial charge in [0.2, 0.25) is 0 Å². The quantitative estimate of drug-likeness (QED) is 0.762. The van der Waals surface area contributed by atoms with Crippen LogP contribution < -0.4 is 0 Å². The smallest absolute Gasteiger partial charge is 0.0852 e. The second-order valence-corrected chi connectivity index (χ2v) is 5.65. The van der Waals surface area contributed by atoms with E-state index in [4.69, 9.17) is 0 Å². The molecule has 15 heavy (non-hydrogen) atoms. The zero-order chi connectivity index (χ0) is 11.6. The first-order valence-corrected chi connectivity index (χ1v) is 5.75. The van der Waals surface area contributed by atoms with Gasteiger partial charge in [0, 0.05) is 6.20 Å². The number of aromatic nitrogens is 3. The zero-order valence-electron chi connectivity index (χ0n) is 10.8. The molecule has 1 rings (SSSR count). The second-order valence-electron chi connectivity index (χ2n) is 5.65. The lowest BCUT2D eigenvalue weighted by Gasteiger charge is -2.26. The highest BCUT2D eigenvalue weighted by Gasteiger charge is 2.23. The van der Waals surface area contributed by atoms with Crippen LogP contribution in [0, 0.1) is 5.92 Å². The van der Waals surface area contributed by atoms with Crippen molar-refractivity contribution in [1.29, 1.82) is 0 Å². The van der Waals surface area contributed by atoms with Crippen molar-refractivity contribution < 1.29 is 0 Å². The van der Waals surface area contributed by atoms with Crippen LogP contribution in [0.4, 0.5) is 0 Å². The zero-order valence-corrected chi connectivity index (χ0v) is 10.8. The first-order chi connectivity index (χ1) is 6.83. The third-order valence-corrected chi connectivity index (χ3v) is 2.63. The summed E-state index contributed by atoms with van der Waals surface area (Å²) in [7, 11) is 0. The molecule has 0 atom stereocenters. The van der Waals surface area contributed by atoms with Gasteiger partial charge in [-0.25, -0.2) is 4.68 Å². The van der Waals surface area contributed by atoms with Gasteiger partial charge in [-0.1, -0.05) is 32.9 Å². The van der Waals surface area contributed by atoms with E-state index in [1.807, 2.05) is 4.68 Å². The Labute approximate surface area is 92.9 Å². The monoisotopic (exact) mass is 209 g/mol. The second kappa shape index (κ2) is 4.33. The average Bonchev–Trinajstić information content (AvgIpc) is 2.48. The normalized spacial score (nSPS) is 12.8. The third kappa shape index (κ3) is 3.05. The minimum atomic E-state index is 0.0638. The van der Waals surface area contributed by atoms with Gasteiger partial charge in [-0.3, -0.25) is 0 Å². The molecule has 1 aromatic rings. The molecular formula is C12H23N3. The van der Waals surface area contributed by atoms with Crippen molar-refractivity contribution in [1.82, 2.24) is 15.0 Å². The van der Waals surface area contributed by atoms with Crippen molar-refractivity contribution in [2.75, 3.05) is 0 Å². The van der Waals surface area contributed by atoms with E-state index in [-0.39, 0.29) is 5.54 Å². The molecule has 3 nitrogen and oxygen atoms in total. The summed E-state index contributed by atoms with van der Waals surface area (Å²) in [6.07, 6.45) is 3.20. The molecule has 86 valence electrons. The predicted molar refractivity (Wildman–Crippen MR) is 62.9 cm³/mol. The molecule has 0 saturated carbocycles. The summed E-state index contributed by atoms with van der Waals surface area (Å²) in [5.41, 5.74) is 1.14. The lowest BCUT2D eigenvalue weighted by molar-refractivity contribution is 0.254. The first-order valence-electron chi connectivity index (χ1n) is 5.75. The van der Waals surface area contributed by atoms with Gasteiger partial charge in [0.05, 0.1) is 11.2 Å². The maximum Gasteiger partial charge on any atom is 0.0852 e. The minimum absolute atomic E-state index is 0.0638. The Bertz CT molecular complexity index is 310. The highest BCUT2D eigenvalue weighted by Crippen LogP contribution is 2.24. The fourth-order valence-corrected chi connectivity index (χ4v) is 1.93. The van der Waals surface area contributed by atoms with Gasteiger partial charge in [-0.05, 0) is 32.1 Å². The Morgan fingerprint density at radius 3 is 2.27 bits per heavy atom. The van der Waals surface area contributed by atoms with Gasteiger partial charge in [0.1, 0.15) is 0 Å². The van der Waals surface area contributed by atoms with Gasteiger partial charge >= 0.3 is 0 Å². The summed E-state index contributed by atoms with van der Waals surface area (Å²) in [6.45, 7) is 13.2. The van der Waals surface area contributed by atoms with Crippen LogP contribution in [0.1, 0.15) is 59.6 Å². The van der Waals surface area contributed by atoms with Crippen molar-refractivity contribution in [3.63, 3.8) is 0 Å². The van der Waals surface area contributed by atoms with Gasteiger partial charge < -0.3 is 0 Å². The molecule has 1 aromatic heterocycles. The Hall–Kier alpha value is -0.860. The number of rotatable bonds is 4. The summed E-state index contributed by atoms with van der Waals surface area (Å²) in [6, 6.07) is 0. The molecule has 0 saturated heterocycles. The van der Waals surface area contributed by atoms with Crippen LogP contribution in [0.15, 0.2) is 6.20 Å². The predicted octanol–water partition coefficient (Wildman–Crippen LogP) is 3.18. The largest absolute Gasteiger partial charge is 0.247 e. The van der Waals surface area contributed by atoms with Crippen LogP contribution in [-0.4, -0.2) is 15.0 Å². The standard InChI is InChI=1S/C12H23N3/c1-9(2)7-12(5,6)15-8-11(10(3)4)13-14-15/h8-10H,7H2,1-6H3. The molecule has 0 radical (unpaired) electrons. The van der Waals surface area contributed by atoms with Crippen molar-refractivity contribution in [3.8, 4) is 0 Å². The van der Waals surface area contributed by atoms with E-state index in [1.54, 1.807) is 0 Å². The van der Waals surface area contributed by atoms with E-state index in [0.29, 0.717) is 11.8 Å². The van der Waals surface area contributed by atoms with E-state index >= 15 is 0 Å². The molecule has 0 N–H and O–H groups in total. The SMILES string of the molecule is CC(C)CC(C)(C)n1cc(C(C)C)nn1. The summed E-state index contributed by atoms with van der Waals surface area (Å²) >= 11 is 0. The molecule has 0 unspecified atom stereocenters. The van der Waals surface area contributed by atoms with Crippen LogP contribution in [0.2, 0.25) is 0 Å². The van der Waals surface area contributed by atoms with E-state index in [9.17, 15) is 0 Å². The molecule has 3 heteroatoms. The van der Waals surface area contributed by atoms with Crippen molar-refractivity contribution in [3.05, 3.63) is 11.9 Å². The summed E-state index contributed by atoms with van der Waals surface area (Å²) in [5, 5.41) is 8.43. The average molecular weight is 209 g/mol. The lowest BCUT2D eigenvalue weighted by atomic mass is 9.93. The van der Waals surface area contributed by atoms with Crippen molar-refractivity contribution >= 4 is 0 Å². The van der Waals surface area contributed by atoms with Gasteiger partial charge in [-0.2, -0.15) is 0 Å². The fourth-order valence-electron chi connectivity index (χ4n) is 1.93. The van der Waals surface area contributed by atoms with Crippen LogP contribution in [0.3, 0.4) is 0 Å². The molecular weight excluding hydrogens is 186 g/mol. The Kier molecular flexibility index (Phi) is 3.53. The molecule has 0 aromatic carbocycles. The number of nitrogens with zero attached hydrogens (tertiary/aromatic N) is 3. The summed E-state index contributed by atoms with van der Waals surface area (Å²) in [4.78, 5) is 0. The number of hydrogen-bond acceptors (Lipinski definition) is 2. The summed E-state index contributed by atoms with van der Waals surface area (Å²) < 4.78 is 2.00. The van der Waals surface area contributed by atoms with Crippen LogP contribution >= 0.6 is 0 Å². The van der Waals surface area contributed by atoms with Gasteiger partial charge in [0.15, 0.2) is 0 Å². The fraction of sp³-hybridized carbons (Fsp3) is 0.833. The van der Waals surface area contributed by atoms with E-state index in [2.05, 4.69) is 58.1 Å². The van der Waals surface area contributed by atoms with Gasteiger partial charge in [0.25, 0.3) is 0 Å². The van der Waals surface area contributed by atoms with Crippen LogP contribution in [-0.2, 0) is 5.54 Å². The van der Waals surface area contributed by atoms with Crippen molar-refractivity contribution in [2.24, 2.45) is 5.92 Å². The summed E-state index contributed by atoms with van der Waals surface area (Å²) in [5.74, 6) is 1.13. The van der Waals surface area contributed by atoms with E-state index in [0.717, 1.165) is 12.1 Å². The molecule has 0 aliphatic heterocycles. The van der Waals surface area contributed by atoms with Crippen LogP contribution in [0.5, 0.6) is 0 Å². The van der Waals surface area contributed by atoms with E-state index in [1.165, 1.54) is 0 Å². The Balaban J connectivity index is 2.85. The topological polar surface area (TPSA) is 30.7 Å². The molecule has 1 heterocycles. The maximum absolute atomic E-state index is 4.23. The Morgan fingerprint density at radius 1 is 1.27 bits per heavy atom. The van der Waals surface area contributed by atoms with E-state index < -0.39 is 0 Å². The third-order valence-electron chi connectivity index (χ3n) is 2.63. The molecule has 0 fully saturated rings. The highest BCUT2D eigenvalue weighted by molar-refractivity contribution is 5.00. The molecule has 0 aliphatic carbocycles. The molecule has 0 bridgehead atoms. The molecule has 0 spiro atoms. The minimum Gasteiger partial charge on any atom is -0.247 e. The number of hydrogen-bond donors (Lipinski definition) is 0. The first kappa shape index (κ1) is 12.2. The highest BCUT2D eigenvalue weighted by atomic mass is 15.4. The Morgan fingerprint density at radius 2 is 1.87 bits per heavy atom. The van der Waals surface area contributed by atoms with Gasteiger partial charge in [-0.15, -0.1) is 5.10 Å². The molecule has 0 aliphatic rings. The maximum atomic E-state index is 4.23. The van der Waals surface area contributed by atoms with Crippen molar-refractivity contribution in [2.45, 2.75) is 59.4 Å². The lowest BCUT2D eigenvalue weighted by Crippen LogP contribution is -2.28.